The molecule has 1 fully saturated rings. The Kier molecular flexibility index (Phi) is 6.02. The Hall–Kier alpha value is -3.18. The van der Waals surface area contributed by atoms with Crippen LogP contribution in [0.5, 0.6) is 5.75 Å². The number of aromatic nitrogens is 1. The molecular formula is C21H28N6O4S. The minimum absolute atomic E-state index is 0.0480. The maximum absolute atomic E-state index is 12.9. The molecule has 0 unspecified atom stereocenters. The molecule has 0 saturated carbocycles. The van der Waals surface area contributed by atoms with Gasteiger partial charge in [-0.3, -0.25) is 9.52 Å². The third-order valence-corrected chi connectivity index (χ3v) is 7.04. The number of H-pyrrole nitrogens is 1. The van der Waals surface area contributed by atoms with Gasteiger partial charge in [0.25, 0.3) is 10.0 Å². The van der Waals surface area contributed by atoms with E-state index in [1.54, 1.807) is 29.3 Å². The van der Waals surface area contributed by atoms with Crippen molar-refractivity contribution in [1.82, 2.24) is 14.8 Å². The van der Waals surface area contributed by atoms with Gasteiger partial charge < -0.3 is 29.7 Å². The molecule has 11 heteroatoms. The number of aromatic amines is 1. The molecule has 4 rings (SSSR count). The van der Waals surface area contributed by atoms with Crippen LogP contribution in [0.3, 0.4) is 0 Å². The molecule has 32 heavy (non-hydrogen) atoms. The monoisotopic (exact) mass is 460 g/mol. The number of ether oxygens (including phenoxy) is 1. The number of carbonyl (C=O) groups excluding carboxylic acids is 1. The molecule has 1 amide bonds. The number of sulfonamides is 1. The molecule has 2 aliphatic rings. The van der Waals surface area contributed by atoms with Crippen molar-refractivity contribution in [1.29, 1.82) is 0 Å². The Labute approximate surface area is 187 Å². The molecule has 172 valence electrons. The second-order valence-corrected chi connectivity index (χ2v) is 9.55. The van der Waals surface area contributed by atoms with E-state index < -0.39 is 10.0 Å². The molecule has 0 bridgehead atoms. The van der Waals surface area contributed by atoms with Crippen LogP contribution in [0, 0.1) is 0 Å². The number of fused-ring (bicyclic) bond motifs is 1. The summed E-state index contributed by atoms with van der Waals surface area (Å²) in [7, 11) is 1.60. The number of rotatable bonds is 6. The van der Waals surface area contributed by atoms with Gasteiger partial charge in [0.1, 0.15) is 5.69 Å². The van der Waals surface area contributed by atoms with Crippen molar-refractivity contribution in [3.63, 3.8) is 0 Å². The molecular weight excluding hydrogens is 432 g/mol. The number of amides is 1. The van der Waals surface area contributed by atoms with Crippen LogP contribution in [0.25, 0.3) is 6.08 Å². The summed E-state index contributed by atoms with van der Waals surface area (Å²) in [6.07, 6.45) is 4.64. The predicted octanol–water partition coefficient (Wildman–Crippen LogP) is 1.43. The van der Waals surface area contributed by atoms with E-state index in [4.69, 9.17) is 4.74 Å². The number of carbonyl (C=O) groups is 1. The average molecular weight is 461 g/mol. The minimum Gasteiger partial charge on any atom is -0.494 e. The molecule has 0 atom stereocenters. The number of nitrogens with one attached hydrogen (secondary N) is 3. The summed E-state index contributed by atoms with van der Waals surface area (Å²) in [5, 5.41) is 3.31. The summed E-state index contributed by atoms with van der Waals surface area (Å²) in [5.74, 6) is 0.349. The van der Waals surface area contributed by atoms with Crippen LogP contribution in [-0.2, 0) is 14.8 Å². The molecule has 2 aromatic rings. The van der Waals surface area contributed by atoms with E-state index in [1.807, 2.05) is 19.0 Å². The normalized spacial score (nSPS) is 16.8. The van der Waals surface area contributed by atoms with Crippen LogP contribution < -0.4 is 19.7 Å². The van der Waals surface area contributed by atoms with Gasteiger partial charge in [0.05, 0.1) is 25.2 Å². The summed E-state index contributed by atoms with van der Waals surface area (Å²) < 4.78 is 34.1. The lowest BCUT2D eigenvalue weighted by molar-refractivity contribution is -0.127. The van der Waals surface area contributed by atoms with E-state index >= 15 is 0 Å². The van der Waals surface area contributed by atoms with Crippen LogP contribution in [0.2, 0.25) is 0 Å². The van der Waals surface area contributed by atoms with Crippen LogP contribution in [0.4, 0.5) is 17.1 Å². The third-order valence-electron chi connectivity index (χ3n) is 5.72. The summed E-state index contributed by atoms with van der Waals surface area (Å²) >= 11 is 0. The lowest BCUT2D eigenvalue weighted by atomic mass is 10.1. The van der Waals surface area contributed by atoms with Gasteiger partial charge in [0.15, 0.2) is 10.8 Å². The molecule has 2 aliphatic heterocycles. The van der Waals surface area contributed by atoms with Gasteiger partial charge >= 0.3 is 0 Å². The zero-order valence-corrected chi connectivity index (χ0v) is 19.2. The molecule has 1 aromatic heterocycles. The van der Waals surface area contributed by atoms with Gasteiger partial charge in [-0.05, 0) is 31.3 Å². The van der Waals surface area contributed by atoms with Crippen molar-refractivity contribution in [2.45, 2.75) is 5.03 Å². The van der Waals surface area contributed by atoms with Crippen LogP contribution in [-0.4, -0.2) is 83.2 Å². The van der Waals surface area contributed by atoms with Gasteiger partial charge in [0, 0.05) is 51.1 Å². The van der Waals surface area contributed by atoms with Gasteiger partial charge in [-0.25, -0.2) is 0 Å². The number of anilines is 3. The number of likely N-dealkylation sites (N-methyl/N-ethyl adjacent to an activating group) is 1. The Morgan fingerprint density at radius 1 is 1.22 bits per heavy atom. The summed E-state index contributed by atoms with van der Waals surface area (Å²) in [6.45, 7) is 3.50. The van der Waals surface area contributed by atoms with E-state index in [9.17, 15) is 13.2 Å². The molecule has 1 aromatic carbocycles. The van der Waals surface area contributed by atoms with Crippen molar-refractivity contribution < 1.29 is 17.9 Å². The molecule has 1 saturated heterocycles. The van der Waals surface area contributed by atoms with Gasteiger partial charge in [-0.1, -0.05) is 0 Å². The number of hydrogen-bond acceptors (Lipinski definition) is 7. The van der Waals surface area contributed by atoms with E-state index in [0.717, 1.165) is 24.5 Å². The second kappa shape index (κ2) is 8.75. The highest BCUT2D eigenvalue weighted by molar-refractivity contribution is 7.92. The van der Waals surface area contributed by atoms with E-state index in [0.29, 0.717) is 36.8 Å². The molecule has 10 nitrogen and oxygen atoms in total. The number of benzene rings is 1. The molecule has 0 radical (unpaired) electrons. The van der Waals surface area contributed by atoms with Crippen molar-refractivity contribution >= 4 is 39.1 Å². The van der Waals surface area contributed by atoms with Crippen LogP contribution in [0.1, 0.15) is 5.56 Å². The Morgan fingerprint density at radius 3 is 2.62 bits per heavy atom. The maximum atomic E-state index is 12.9. The first-order valence-corrected chi connectivity index (χ1v) is 11.8. The number of hydrogen-bond donors (Lipinski definition) is 3. The quantitative estimate of drug-likeness (QED) is 0.560. The second-order valence-electron chi connectivity index (χ2n) is 7.90. The smallest absolute Gasteiger partial charge is 0.277 e. The fourth-order valence-electron chi connectivity index (χ4n) is 3.84. The highest BCUT2D eigenvalue weighted by Gasteiger charge is 2.27. The highest BCUT2D eigenvalue weighted by atomic mass is 32.2. The first-order valence-electron chi connectivity index (χ1n) is 10.3. The zero-order chi connectivity index (χ0) is 22.9. The molecule has 3 heterocycles. The summed E-state index contributed by atoms with van der Waals surface area (Å²) in [5.41, 5.74) is 2.36. The van der Waals surface area contributed by atoms with E-state index in [2.05, 4.69) is 19.9 Å². The molecule has 0 aliphatic carbocycles. The molecule has 0 spiro atoms. The number of nitrogens with zero attached hydrogens (tertiary/aromatic N) is 3. The first kappa shape index (κ1) is 22.0. The lowest BCUT2D eigenvalue weighted by Gasteiger charge is -2.31. The average Bonchev–Trinajstić information content (AvgIpc) is 3.43. The van der Waals surface area contributed by atoms with Gasteiger partial charge in [-0.15, -0.1) is 0 Å². The summed E-state index contributed by atoms with van der Waals surface area (Å²) in [4.78, 5) is 21.4. The fourth-order valence-corrected chi connectivity index (χ4v) is 4.89. The predicted molar refractivity (Wildman–Crippen MR) is 125 cm³/mol. The van der Waals surface area contributed by atoms with Crippen molar-refractivity contribution in [2.24, 2.45) is 0 Å². The Balaban J connectivity index is 1.72. The van der Waals surface area contributed by atoms with E-state index in [-0.39, 0.29) is 10.9 Å². The van der Waals surface area contributed by atoms with Crippen LogP contribution >= 0.6 is 0 Å². The Bertz CT molecular complexity index is 1120. The minimum atomic E-state index is -3.85. The van der Waals surface area contributed by atoms with E-state index in [1.165, 1.54) is 19.3 Å². The SMILES string of the molecule is COc1c(C=CC(=O)N2CCN(C)CC2)c(NS(=O)(=O)c2ccc[nH]2)cc2c1NCN2C. The van der Waals surface area contributed by atoms with Gasteiger partial charge in [-0.2, -0.15) is 8.42 Å². The van der Waals surface area contributed by atoms with Crippen molar-refractivity contribution in [2.75, 3.05) is 69.0 Å². The van der Waals surface area contributed by atoms with Crippen LogP contribution in [0.15, 0.2) is 35.5 Å². The lowest BCUT2D eigenvalue weighted by Crippen LogP contribution is -2.46. The molecule has 3 N–H and O–H groups in total. The van der Waals surface area contributed by atoms with Crippen molar-refractivity contribution in [3.05, 3.63) is 36.0 Å². The maximum Gasteiger partial charge on any atom is 0.277 e. The largest absolute Gasteiger partial charge is 0.494 e. The Morgan fingerprint density at radius 2 is 1.97 bits per heavy atom. The number of methoxy groups -OCH3 is 1. The number of piperazine rings is 1. The summed E-state index contributed by atoms with van der Waals surface area (Å²) in [6, 6.07) is 4.84. The highest BCUT2D eigenvalue weighted by Crippen LogP contribution is 2.46. The topological polar surface area (TPSA) is 110 Å². The van der Waals surface area contributed by atoms with Gasteiger partial charge in [0.2, 0.25) is 5.91 Å². The first-order chi connectivity index (χ1) is 15.3. The third kappa shape index (κ3) is 4.26. The zero-order valence-electron chi connectivity index (χ0n) is 18.4. The standard InChI is InChI=1S/C21H28N6O4S/c1-25-9-11-27(12-10-25)19(28)7-6-15-16(24-32(29,30)18-5-4-8-22-18)13-17-20(21(15)31-3)23-14-26(17)2/h4-8,13,22-24H,9-12,14H2,1-3H3. The van der Waals surface area contributed by atoms with Crippen molar-refractivity contribution in [3.8, 4) is 5.75 Å². The fraction of sp³-hybridized carbons (Fsp3) is 0.381.